The Morgan fingerprint density at radius 2 is 2.05 bits per heavy atom. The molecule has 4 heteroatoms. The standard InChI is InChI=1S/C16H17ClN2S/c1-10-8-13(20-12(10)3)9-19-15-7-5-4-6-14(15)18-16(19)11(2)17/h4-8,11H,9H2,1-3H3. The number of halogens is 1. The number of aromatic nitrogens is 2. The monoisotopic (exact) mass is 304 g/mol. The van der Waals surface area contributed by atoms with E-state index in [-0.39, 0.29) is 5.38 Å². The summed E-state index contributed by atoms with van der Waals surface area (Å²) < 4.78 is 2.23. The maximum Gasteiger partial charge on any atom is 0.128 e. The Hall–Kier alpha value is -1.32. The van der Waals surface area contributed by atoms with Crippen LogP contribution in [0.15, 0.2) is 30.3 Å². The second kappa shape index (κ2) is 5.23. The van der Waals surface area contributed by atoms with Gasteiger partial charge in [-0.15, -0.1) is 22.9 Å². The molecule has 0 bridgehead atoms. The lowest BCUT2D eigenvalue weighted by atomic mass is 10.2. The van der Waals surface area contributed by atoms with Crippen LogP contribution in [0.25, 0.3) is 11.0 Å². The molecule has 0 saturated carbocycles. The average molecular weight is 305 g/mol. The minimum absolute atomic E-state index is 0.0930. The maximum atomic E-state index is 6.30. The Kier molecular flexibility index (Phi) is 3.57. The molecule has 104 valence electrons. The number of nitrogens with zero attached hydrogens (tertiary/aromatic N) is 2. The summed E-state index contributed by atoms with van der Waals surface area (Å²) in [5.74, 6) is 0.941. The van der Waals surface area contributed by atoms with Crippen molar-refractivity contribution in [2.45, 2.75) is 32.7 Å². The topological polar surface area (TPSA) is 17.8 Å². The Bertz CT molecular complexity index is 736. The normalized spacial score (nSPS) is 13.0. The van der Waals surface area contributed by atoms with Gasteiger partial charge >= 0.3 is 0 Å². The van der Waals surface area contributed by atoms with E-state index in [4.69, 9.17) is 11.6 Å². The second-order valence-electron chi connectivity index (χ2n) is 5.11. The Balaban J connectivity index is 2.11. The predicted molar refractivity (Wildman–Crippen MR) is 86.9 cm³/mol. The quantitative estimate of drug-likeness (QED) is 0.618. The molecule has 0 radical (unpaired) electrons. The van der Waals surface area contributed by atoms with Crippen molar-refractivity contribution < 1.29 is 0 Å². The minimum atomic E-state index is -0.0930. The molecule has 0 saturated heterocycles. The Morgan fingerprint density at radius 3 is 2.70 bits per heavy atom. The van der Waals surface area contributed by atoms with Gasteiger partial charge in [0.2, 0.25) is 0 Å². The molecule has 0 spiro atoms. The van der Waals surface area contributed by atoms with Crippen LogP contribution in [0.2, 0.25) is 0 Å². The van der Waals surface area contributed by atoms with Crippen molar-refractivity contribution in [2.75, 3.05) is 0 Å². The summed E-state index contributed by atoms with van der Waals surface area (Å²) in [5, 5.41) is -0.0930. The lowest BCUT2D eigenvalue weighted by molar-refractivity contribution is 0.750. The second-order valence-corrected chi connectivity index (χ2v) is 7.11. The fourth-order valence-electron chi connectivity index (χ4n) is 2.45. The number of aryl methyl sites for hydroxylation is 2. The molecule has 0 aliphatic heterocycles. The van der Waals surface area contributed by atoms with Gasteiger partial charge in [-0.25, -0.2) is 4.98 Å². The first-order valence-electron chi connectivity index (χ1n) is 6.71. The van der Waals surface area contributed by atoms with Gasteiger partial charge in [-0.05, 0) is 44.5 Å². The van der Waals surface area contributed by atoms with Gasteiger partial charge < -0.3 is 4.57 Å². The third kappa shape index (κ3) is 2.36. The van der Waals surface area contributed by atoms with Crippen LogP contribution in [0, 0.1) is 13.8 Å². The van der Waals surface area contributed by atoms with Crippen LogP contribution < -0.4 is 0 Å². The van der Waals surface area contributed by atoms with E-state index in [1.165, 1.54) is 15.3 Å². The number of fused-ring (bicyclic) bond motifs is 1. The lowest BCUT2D eigenvalue weighted by Gasteiger charge is -2.09. The van der Waals surface area contributed by atoms with E-state index < -0.39 is 0 Å². The van der Waals surface area contributed by atoms with Gasteiger partial charge in [0.25, 0.3) is 0 Å². The number of benzene rings is 1. The zero-order valence-corrected chi connectivity index (χ0v) is 13.4. The zero-order chi connectivity index (χ0) is 14.3. The number of hydrogen-bond acceptors (Lipinski definition) is 2. The first-order chi connectivity index (χ1) is 9.56. The molecule has 0 N–H and O–H groups in total. The fourth-order valence-corrected chi connectivity index (χ4v) is 3.66. The molecule has 1 atom stereocenters. The van der Waals surface area contributed by atoms with Crippen molar-refractivity contribution in [3.8, 4) is 0 Å². The predicted octanol–water partition coefficient (Wildman–Crippen LogP) is 5.06. The van der Waals surface area contributed by atoms with Crippen LogP contribution in [0.4, 0.5) is 0 Å². The molecular formula is C16H17ClN2S. The van der Waals surface area contributed by atoms with Crippen molar-refractivity contribution >= 4 is 34.0 Å². The number of thiophene rings is 1. The van der Waals surface area contributed by atoms with Gasteiger partial charge in [0, 0.05) is 9.75 Å². The highest BCUT2D eigenvalue weighted by molar-refractivity contribution is 7.12. The summed E-state index contributed by atoms with van der Waals surface area (Å²) in [5.41, 5.74) is 3.52. The van der Waals surface area contributed by atoms with E-state index in [0.29, 0.717) is 0 Å². The molecule has 0 aliphatic rings. The number of imidazole rings is 1. The molecule has 1 unspecified atom stereocenters. The summed E-state index contributed by atoms with van der Waals surface area (Å²) in [4.78, 5) is 7.40. The zero-order valence-electron chi connectivity index (χ0n) is 11.9. The van der Waals surface area contributed by atoms with Crippen LogP contribution in [0.5, 0.6) is 0 Å². The summed E-state index contributed by atoms with van der Waals surface area (Å²) in [6.45, 7) is 7.14. The van der Waals surface area contributed by atoms with Gasteiger partial charge in [-0.2, -0.15) is 0 Å². The number of rotatable bonds is 3. The molecule has 2 aromatic heterocycles. The van der Waals surface area contributed by atoms with Gasteiger partial charge in [0.1, 0.15) is 5.82 Å². The van der Waals surface area contributed by atoms with E-state index in [1.54, 1.807) is 0 Å². The molecule has 0 aliphatic carbocycles. The Morgan fingerprint density at radius 1 is 1.30 bits per heavy atom. The summed E-state index contributed by atoms with van der Waals surface area (Å²) in [6.07, 6.45) is 0. The van der Waals surface area contributed by atoms with Crippen LogP contribution in [0.1, 0.15) is 33.4 Å². The van der Waals surface area contributed by atoms with Gasteiger partial charge in [-0.1, -0.05) is 12.1 Å². The van der Waals surface area contributed by atoms with Crippen LogP contribution >= 0.6 is 22.9 Å². The highest BCUT2D eigenvalue weighted by Gasteiger charge is 2.15. The maximum absolute atomic E-state index is 6.30. The minimum Gasteiger partial charge on any atom is -0.321 e. The third-order valence-electron chi connectivity index (χ3n) is 3.57. The first kappa shape index (κ1) is 13.7. The molecule has 0 fully saturated rings. The summed E-state index contributed by atoms with van der Waals surface area (Å²) in [6, 6.07) is 10.5. The van der Waals surface area contributed by atoms with E-state index in [0.717, 1.165) is 23.4 Å². The van der Waals surface area contributed by atoms with Crippen molar-refractivity contribution in [3.05, 3.63) is 51.5 Å². The third-order valence-corrected chi connectivity index (χ3v) is 4.90. The molecule has 2 nitrogen and oxygen atoms in total. The number of hydrogen-bond donors (Lipinski definition) is 0. The summed E-state index contributed by atoms with van der Waals surface area (Å²) in [7, 11) is 0. The van der Waals surface area contributed by atoms with Crippen molar-refractivity contribution in [2.24, 2.45) is 0 Å². The van der Waals surface area contributed by atoms with Crippen LogP contribution in [0.3, 0.4) is 0 Å². The van der Waals surface area contributed by atoms with E-state index in [2.05, 4.69) is 35.5 Å². The van der Waals surface area contributed by atoms with Crippen molar-refractivity contribution in [1.82, 2.24) is 9.55 Å². The molecule has 20 heavy (non-hydrogen) atoms. The highest BCUT2D eigenvalue weighted by atomic mass is 35.5. The van der Waals surface area contributed by atoms with Gasteiger partial charge in [-0.3, -0.25) is 0 Å². The molecule has 3 rings (SSSR count). The fraction of sp³-hybridized carbons (Fsp3) is 0.312. The highest BCUT2D eigenvalue weighted by Crippen LogP contribution is 2.28. The average Bonchev–Trinajstić information content (AvgIpc) is 2.92. The van der Waals surface area contributed by atoms with E-state index >= 15 is 0 Å². The van der Waals surface area contributed by atoms with Crippen molar-refractivity contribution in [1.29, 1.82) is 0 Å². The first-order valence-corrected chi connectivity index (χ1v) is 7.96. The molecule has 3 aromatic rings. The molecular weight excluding hydrogens is 288 g/mol. The molecule has 0 amide bonds. The summed E-state index contributed by atoms with van der Waals surface area (Å²) >= 11 is 8.15. The number of alkyl halides is 1. The molecule has 2 heterocycles. The largest absolute Gasteiger partial charge is 0.321 e. The van der Waals surface area contributed by atoms with E-state index in [9.17, 15) is 0 Å². The molecule has 1 aromatic carbocycles. The SMILES string of the molecule is Cc1cc(Cn2c(C(C)Cl)nc3ccccc32)sc1C. The van der Waals surface area contributed by atoms with Crippen LogP contribution in [-0.2, 0) is 6.54 Å². The van der Waals surface area contributed by atoms with Gasteiger partial charge in [0.05, 0.1) is 23.0 Å². The van der Waals surface area contributed by atoms with E-state index in [1.807, 2.05) is 36.5 Å². The smallest absolute Gasteiger partial charge is 0.128 e. The van der Waals surface area contributed by atoms with Crippen molar-refractivity contribution in [3.63, 3.8) is 0 Å². The lowest BCUT2D eigenvalue weighted by Crippen LogP contribution is -2.04. The van der Waals surface area contributed by atoms with Crippen LogP contribution in [-0.4, -0.2) is 9.55 Å². The number of para-hydroxylation sites is 2. The van der Waals surface area contributed by atoms with Gasteiger partial charge in [0.15, 0.2) is 0 Å². The Labute approximate surface area is 128 Å².